The topological polar surface area (TPSA) is 33.1 Å². The molecule has 0 fully saturated rings. The zero-order valence-electron chi connectivity index (χ0n) is 20.2. The van der Waals surface area contributed by atoms with Crippen LogP contribution in [0.15, 0.2) is 109 Å². The van der Waals surface area contributed by atoms with Gasteiger partial charge >= 0.3 is 0 Å². The van der Waals surface area contributed by atoms with Crippen LogP contribution in [0.1, 0.15) is 0 Å². The summed E-state index contributed by atoms with van der Waals surface area (Å²) in [5, 5.41) is 10.3. The van der Waals surface area contributed by atoms with Crippen molar-refractivity contribution in [1.29, 1.82) is 0 Å². The molecule has 0 unspecified atom stereocenters. The second-order valence-corrected chi connectivity index (χ2v) is 13.3. The Labute approximate surface area is 210 Å². The number of pyridine rings is 1. The fourth-order valence-electron chi connectivity index (χ4n) is 5.44. The van der Waals surface area contributed by atoms with E-state index in [1.54, 1.807) is 0 Å². The summed E-state index contributed by atoms with van der Waals surface area (Å²) >= 11 is 0. The molecular weight excluding hydrogens is 457 g/mol. The first-order valence-electron chi connectivity index (χ1n) is 12.2. The maximum atomic E-state index is 10.9. The molecule has 0 bridgehead atoms. The SMILES string of the molecule is C[P+](C)(O)c1ccc2ccc3c(-c4ccc5ccccc5c4)c4ccc5ccccc5c4nc3c2c1. The zero-order chi connectivity index (χ0) is 24.4. The van der Waals surface area contributed by atoms with Gasteiger partial charge in [0.15, 0.2) is 7.49 Å². The molecule has 36 heavy (non-hydrogen) atoms. The molecule has 0 aliphatic heterocycles. The summed E-state index contributed by atoms with van der Waals surface area (Å²) in [4.78, 5) is 16.2. The molecule has 0 spiro atoms. The Hall–Kier alpha value is -3.84. The van der Waals surface area contributed by atoms with Crippen LogP contribution in [0.2, 0.25) is 0 Å². The lowest BCUT2D eigenvalue weighted by molar-refractivity contribution is 0.625. The Balaban J connectivity index is 1.69. The first-order valence-corrected chi connectivity index (χ1v) is 14.9. The van der Waals surface area contributed by atoms with Crippen LogP contribution < -0.4 is 5.30 Å². The first-order chi connectivity index (χ1) is 17.5. The van der Waals surface area contributed by atoms with Crippen LogP contribution in [-0.2, 0) is 0 Å². The molecule has 3 heteroatoms. The van der Waals surface area contributed by atoms with Gasteiger partial charge in [-0.1, -0.05) is 91.0 Å². The van der Waals surface area contributed by atoms with Gasteiger partial charge in [-0.05, 0) is 45.3 Å². The molecule has 0 atom stereocenters. The van der Waals surface area contributed by atoms with E-state index in [0.717, 1.165) is 43.3 Å². The van der Waals surface area contributed by atoms with Gasteiger partial charge in [-0.15, -0.1) is 0 Å². The third-order valence-corrected chi connectivity index (χ3v) is 8.85. The third-order valence-electron chi connectivity index (χ3n) is 7.31. The van der Waals surface area contributed by atoms with Crippen LogP contribution in [0, 0.1) is 0 Å². The minimum absolute atomic E-state index is 0.981. The molecule has 172 valence electrons. The summed E-state index contributed by atoms with van der Waals surface area (Å²) < 4.78 is 0. The summed E-state index contributed by atoms with van der Waals surface area (Å²) in [5.74, 6) is 0. The van der Waals surface area contributed by atoms with Gasteiger partial charge in [0.1, 0.15) is 5.30 Å². The highest BCUT2D eigenvalue weighted by atomic mass is 31.2. The molecule has 7 rings (SSSR count). The Kier molecular flexibility index (Phi) is 4.66. The highest BCUT2D eigenvalue weighted by Crippen LogP contribution is 2.46. The van der Waals surface area contributed by atoms with Gasteiger partial charge in [-0.25, -0.2) is 9.88 Å². The average Bonchev–Trinajstić information content (AvgIpc) is 2.90. The summed E-state index contributed by atoms with van der Waals surface area (Å²) in [7, 11) is -2.16. The van der Waals surface area contributed by atoms with Crippen LogP contribution in [0.5, 0.6) is 0 Å². The Morgan fingerprint density at radius 1 is 0.528 bits per heavy atom. The van der Waals surface area contributed by atoms with Crippen molar-refractivity contribution >= 4 is 66.9 Å². The molecular formula is C33H25NOP+. The maximum Gasteiger partial charge on any atom is 0.168 e. The highest BCUT2D eigenvalue weighted by Gasteiger charge is 2.26. The fourth-order valence-corrected chi connectivity index (χ4v) is 6.33. The molecule has 0 radical (unpaired) electrons. The van der Waals surface area contributed by atoms with Crippen molar-refractivity contribution in [2.45, 2.75) is 0 Å². The van der Waals surface area contributed by atoms with Crippen molar-refractivity contribution in [2.24, 2.45) is 0 Å². The molecule has 0 aliphatic rings. The van der Waals surface area contributed by atoms with Crippen molar-refractivity contribution < 1.29 is 4.89 Å². The van der Waals surface area contributed by atoms with Gasteiger partial charge in [-0.3, -0.25) is 0 Å². The minimum Gasteiger partial charge on any atom is -0.247 e. The third kappa shape index (κ3) is 3.30. The van der Waals surface area contributed by atoms with E-state index in [9.17, 15) is 4.89 Å². The van der Waals surface area contributed by atoms with E-state index in [4.69, 9.17) is 4.98 Å². The van der Waals surface area contributed by atoms with Crippen molar-refractivity contribution in [1.82, 2.24) is 4.98 Å². The number of nitrogens with zero attached hydrogens (tertiary/aromatic N) is 1. The highest BCUT2D eigenvalue weighted by molar-refractivity contribution is 7.76. The largest absolute Gasteiger partial charge is 0.247 e. The van der Waals surface area contributed by atoms with E-state index in [1.807, 2.05) is 13.3 Å². The summed E-state index contributed by atoms with van der Waals surface area (Å²) in [6.07, 6.45) is 0. The summed E-state index contributed by atoms with van der Waals surface area (Å²) in [6.45, 7) is 3.88. The quantitative estimate of drug-likeness (QED) is 0.153. The van der Waals surface area contributed by atoms with Gasteiger partial charge in [-0.2, -0.15) is 0 Å². The second kappa shape index (κ2) is 7.83. The van der Waals surface area contributed by atoms with Gasteiger partial charge in [0.05, 0.1) is 24.4 Å². The zero-order valence-corrected chi connectivity index (χ0v) is 21.1. The minimum atomic E-state index is -2.16. The predicted octanol–water partition coefficient (Wildman–Crippen LogP) is 8.32. The van der Waals surface area contributed by atoms with Crippen LogP contribution in [0.4, 0.5) is 0 Å². The van der Waals surface area contributed by atoms with E-state index in [1.165, 1.54) is 27.3 Å². The normalized spacial score (nSPS) is 12.3. The van der Waals surface area contributed by atoms with Crippen LogP contribution in [0.25, 0.3) is 65.3 Å². The Morgan fingerprint density at radius 2 is 1.11 bits per heavy atom. The van der Waals surface area contributed by atoms with Gasteiger partial charge in [0.2, 0.25) is 0 Å². The van der Waals surface area contributed by atoms with E-state index >= 15 is 0 Å². The van der Waals surface area contributed by atoms with E-state index < -0.39 is 7.49 Å². The second-order valence-electron chi connectivity index (χ2n) is 9.99. The number of hydrogen-bond acceptors (Lipinski definition) is 2. The molecule has 6 aromatic carbocycles. The van der Waals surface area contributed by atoms with Crippen molar-refractivity contribution in [3.05, 3.63) is 109 Å². The molecule has 1 N–H and O–H groups in total. The Bertz CT molecular complexity index is 1980. The predicted molar refractivity (Wildman–Crippen MR) is 158 cm³/mol. The molecule has 2 nitrogen and oxygen atoms in total. The maximum absolute atomic E-state index is 10.9. The Morgan fingerprint density at radius 3 is 1.86 bits per heavy atom. The molecule has 0 saturated carbocycles. The van der Waals surface area contributed by atoms with Crippen molar-refractivity contribution in [2.75, 3.05) is 13.3 Å². The smallest absolute Gasteiger partial charge is 0.168 e. The van der Waals surface area contributed by atoms with E-state index in [2.05, 4.69) is 109 Å². The van der Waals surface area contributed by atoms with Gasteiger partial charge in [0.25, 0.3) is 0 Å². The van der Waals surface area contributed by atoms with Crippen molar-refractivity contribution in [3.8, 4) is 11.1 Å². The van der Waals surface area contributed by atoms with Crippen LogP contribution in [-0.4, -0.2) is 23.2 Å². The standard InChI is InChI=1S/C33H25NOP/c1-36(2,35)26-16-13-23-15-18-29-31(25-12-11-21-7-3-4-9-24(21)19-25)28-17-14-22-8-5-6-10-27(22)32(28)34-33(29)30(23)20-26/h3-20,35H,1-2H3/q+1. The summed E-state index contributed by atoms with van der Waals surface area (Å²) in [6, 6.07) is 38.9. The van der Waals surface area contributed by atoms with Gasteiger partial charge < -0.3 is 0 Å². The molecule has 1 heterocycles. The van der Waals surface area contributed by atoms with E-state index in [0.29, 0.717) is 0 Å². The van der Waals surface area contributed by atoms with Crippen LogP contribution in [0.3, 0.4) is 0 Å². The fraction of sp³-hybridized carbons (Fsp3) is 0.0606. The summed E-state index contributed by atoms with van der Waals surface area (Å²) in [5.41, 5.74) is 4.39. The number of rotatable bonds is 2. The van der Waals surface area contributed by atoms with Crippen LogP contribution >= 0.6 is 7.49 Å². The molecule has 0 amide bonds. The van der Waals surface area contributed by atoms with Crippen molar-refractivity contribution in [3.63, 3.8) is 0 Å². The number of benzene rings is 6. The van der Waals surface area contributed by atoms with Gasteiger partial charge in [0, 0.05) is 27.1 Å². The molecule has 0 aliphatic carbocycles. The molecule has 1 aromatic heterocycles. The number of aromatic nitrogens is 1. The monoisotopic (exact) mass is 482 g/mol. The molecule has 0 saturated heterocycles. The lowest BCUT2D eigenvalue weighted by Crippen LogP contribution is -2.07. The molecule has 7 aromatic rings. The average molecular weight is 483 g/mol. The number of hydrogen-bond donors (Lipinski definition) is 1. The lowest BCUT2D eigenvalue weighted by Gasteiger charge is -2.16. The number of fused-ring (bicyclic) bond motifs is 7. The van der Waals surface area contributed by atoms with E-state index in [-0.39, 0.29) is 0 Å². The lowest BCUT2D eigenvalue weighted by atomic mass is 9.91. The first kappa shape index (κ1) is 21.4.